The third-order valence-corrected chi connectivity index (χ3v) is 4.04. The van der Waals surface area contributed by atoms with E-state index in [9.17, 15) is 0 Å². The minimum absolute atomic E-state index is 0.405. The van der Waals surface area contributed by atoms with Crippen LogP contribution in [0, 0.1) is 11.8 Å². The second-order valence-electron chi connectivity index (χ2n) is 5.43. The summed E-state index contributed by atoms with van der Waals surface area (Å²) in [6.45, 7) is 5.70. The second-order valence-corrected chi connectivity index (χ2v) is 5.43. The van der Waals surface area contributed by atoms with Crippen LogP contribution >= 0.6 is 0 Å². The molecule has 0 heterocycles. The third kappa shape index (κ3) is 3.26. The Labute approximate surface area is 111 Å². The zero-order valence-electron chi connectivity index (χ0n) is 11.8. The van der Waals surface area contributed by atoms with E-state index in [-0.39, 0.29) is 0 Å². The molecule has 1 saturated carbocycles. The molecule has 2 nitrogen and oxygen atoms in total. The lowest BCUT2D eigenvalue weighted by Gasteiger charge is -2.22. The average Bonchev–Trinajstić information content (AvgIpc) is 3.24. The van der Waals surface area contributed by atoms with Crippen molar-refractivity contribution in [3.05, 3.63) is 29.8 Å². The normalized spacial score (nSPS) is 18.4. The molecular weight excluding hydrogens is 222 g/mol. The van der Waals surface area contributed by atoms with Gasteiger partial charge in [-0.15, -0.1) is 0 Å². The van der Waals surface area contributed by atoms with E-state index in [1.165, 1.54) is 18.4 Å². The smallest absolute Gasteiger partial charge is 0.123 e. The van der Waals surface area contributed by atoms with Crippen LogP contribution in [-0.2, 0) is 0 Å². The first kappa shape index (κ1) is 13.4. The number of ether oxygens (including phenoxy) is 1. The van der Waals surface area contributed by atoms with Crippen LogP contribution < -0.4 is 10.1 Å². The van der Waals surface area contributed by atoms with Crippen molar-refractivity contribution in [3.63, 3.8) is 0 Å². The predicted molar refractivity (Wildman–Crippen MR) is 75.9 cm³/mol. The average molecular weight is 247 g/mol. The van der Waals surface area contributed by atoms with Crippen LogP contribution in [0.3, 0.4) is 0 Å². The molecule has 2 heteroatoms. The second kappa shape index (κ2) is 6.24. The SMILES string of the molecule is CCC(NCC(C)C1CC1)c1ccccc1OC. The predicted octanol–water partition coefficient (Wildman–Crippen LogP) is 3.78. The van der Waals surface area contributed by atoms with E-state index in [1.807, 2.05) is 12.1 Å². The van der Waals surface area contributed by atoms with Gasteiger partial charge in [0.1, 0.15) is 5.75 Å². The lowest BCUT2D eigenvalue weighted by molar-refractivity contribution is 0.381. The molecule has 1 fully saturated rings. The Bertz CT molecular complexity index is 373. The molecular formula is C16H25NO. The van der Waals surface area contributed by atoms with Gasteiger partial charge >= 0.3 is 0 Å². The maximum Gasteiger partial charge on any atom is 0.123 e. The zero-order chi connectivity index (χ0) is 13.0. The van der Waals surface area contributed by atoms with Crippen molar-refractivity contribution in [1.29, 1.82) is 0 Å². The Hall–Kier alpha value is -1.02. The molecule has 0 saturated heterocycles. The highest BCUT2D eigenvalue weighted by Gasteiger charge is 2.28. The molecule has 1 aliphatic rings. The number of benzene rings is 1. The van der Waals surface area contributed by atoms with E-state index in [4.69, 9.17) is 4.74 Å². The summed E-state index contributed by atoms with van der Waals surface area (Å²) in [6.07, 6.45) is 3.94. The van der Waals surface area contributed by atoms with Crippen molar-refractivity contribution < 1.29 is 4.74 Å². The highest BCUT2D eigenvalue weighted by atomic mass is 16.5. The van der Waals surface area contributed by atoms with Crippen molar-refractivity contribution in [3.8, 4) is 5.75 Å². The molecule has 1 aliphatic carbocycles. The maximum absolute atomic E-state index is 5.45. The summed E-state index contributed by atoms with van der Waals surface area (Å²) < 4.78 is 5.45. The van der Waals surface area contributed by atoms with Gasteiger partial charge in [0.25, 0.3) is 0 Å². The van der Waals surface area contributed by atoms with Gasteiger partial charge < -0.3 is 10.1 Å². The molecule has 0 spiro atoms. The molecule has 1 N–H and O–H groups in total. The van der Waals surface area contributed by atoms with E-state index in [1.54, 1.807) is 7.11 Å². The topological polar surface area (TPSA) is 21.3 Å². The molecule has 0 radical (unpaired) electrons. The Morgan fingerprint density at radius 2 is 2.06 bits per heavy atom. The van der Waals surface area contributed by atoms with Gasteiger partial charge in [0.05, 0.1) is 7.11 Å². The lowest BCUT2D eigenvalue weighted by Crippen LogP contribution is -2.27. The Balaban J connectivity index is 1.98. The van der Waals surface area contributed by atoms with Crippen molar-refractivity contribution in [1.82, 2.24) is 5.32 Å². The van der Waals surface area contributed by atoms with E-state index >= 15 is 0 Å². The van der Waals surface area contributed by atoms with Crippen molar-refractivity contribution >= 4 is 0 Å². The first-order valence-corrected chi connectivity index (χ1v) is 7.12. The molecule has 2 rings (SSSR count). The summed E-state index contributed by atoms with van der Waals surface area (Å²) in [5.74, 6) is 2.76. The summed E-state index contributed by atoms with van der Waals surface area (Å²) in [7, 11) is 1.75. The zero-order valence-corrected chi connectivity index (χ0v) is 11.8. The van der Waals surface area contributed by atoms with Gasteiger partial charge in [-0.2, -0.15) is 0 Å². The Morgan fingerprint density at radius 3 is 2.67 bits per heavy atom. The Kier molecular flexibility index (Phi) is 4.65. The summed E-state index contributed by atoms with van der Waals surface area (Å²) in [5.41, 5.74) is 1.28. The number of hydrogen-bond donors (Lipinski definition) is 1. The van der Waals surface area contributed by atoms with Gasteiger partial charge in [0.2, 0.25) is 0 Å². The molecule has 0 aliphatic heterocycles. The van der Waals surface area contributed by atoms with Crippen LogP contribution in [0.15, 0.2) is 24.3 Å². The van der Waals surface area contributed by atoms with E-state index < -0.39 is 0 Å². The van der Waals surface area contributed by atoms with Crippen LogP contribution in [-0.4, -0.2) is 13.7 Å². The number of nitrogens with one attached hydrogen (secondary N) is 1. The van der Waals surface area contributed by atoms with Crippen LogP contribution in [0.25, 0.3) is 0 Å². The first-order chi connectivity index (χ1) is 8.76. The molecule has 18 heavy (non-hydrogen) atoms. The van der Waals surface area contributed by atoms with Gasteiger partial charge in [-0.25, -0.2) is 0 Å². The minimum Gasteiger partial charge on any atom is -0.496 e. The largest absolute Gasteiger partial charge is 0.496 e. The molecule has 1 aromatic rings. The minimum atomic E-state index is 0.405. The molecule has 2 unspecified atom stereocenters. The van der Waals surface area contributed by atoms with Crippen molar-refractivity contribution in [2.45, 2.75) is 39.2 Å². The van der Waals surface area contributed by atoms with Crippen LogP contribution in [0.1, 0.15) is 44.7 Å². The van der Waals surface area contributed by atoms with Crippen LogP contribution in [0.5, 0.6) is 5.75 Å². The number of rotatable bonds is 7. The number of hydrogen-bond acceptors (Lipinski definition) is 2. The Morgan fingerprint density at radius 1 is 1.33 bits per heavy atom. The fourth-order valence-electron chi connectivity index (χ4n) is 2.59. The summed E-state index contributed by atoms with van der Waals surface area (Å²) >= 11 is 0. The number of para-hydroxylation sites is 1. The monoisotopic (exact) mass is 247 g/mol. The summed E-state index contributed by atoms with van der Waals surface area (Å²) in [6, 6.07) is 8.74. The first-order valence-electron chi connectivity index (χ1n) is 7.12. The van der Waals surface area contributed by atoms with E-state index in [2.05, 4.69) is 31.3 Å². The lowest BCUT2D eigenvalue weighted by atomic mass is 10.0. The molecule has 0 bridgehead atoms. The van der Waals surface area contributed by atoms with E-state index in [0.717, 1.165) is 30.6 Å². The van der Waals surface area contributed by atoms with Crippen LogP contribution in [0.4, 0.5) is 0 Å². The quantitative estimate of drug-likeness (QED) is 0.791. The molecule has 0 aromatic heterocycles. The maximum atomic E-state index is 5.45. The van der Waals surface area contributed by atoms with Crippen molar-refractivity contribution in [2.24, 2.45) is 11.8 Å². The van der Waals surface area contributed by atoms with Gasteiger partial charge in [-0.05, 0) is 43.7 Å². The fraction of sp³-hybridized carbons (Fsp3) is 0.625. The molecule has 2 atom stereocenters. The van der Waals surface area contributed by atoms with Gasteiger partial charge in [-0.1, -0.05) is 32.0 Å². The fourth-order valence-corrected chi connectivity index (χ4v) is 2.59. The van der Waals surface area contributed by atoms with Gasteiger partial charge in [0, 0.05) is 11.6 Å². The summed E-state index contributed by atoms with van der Waals surface area (Å²) in [5, 5.41) is 3.70. The van der Waals surface area contributed by atoms with Crippen molar-refractivity contribution in [2.75, 3.05) is 13.7 Å². The van der Waals surface area contributed by atoms with Gasteiger partial charge in [0.15, 0.2) is 0 Å². The van der Waals surface area contributed by atoms with Gasteiger partial charge in [-0.3, -0.25) is 0 Å². The molecule has 0 amide bonds. The highest BCUT2D eigenvalue weighted by Crippen LogP contribution is 2.36. The highest BCUT2D eigenvalue weighted by molar-refractivity contribution is 5.35. The number of methoxy groups -OCH3 is 1. The molecule has 100 valence electrons. The summed E-state index contributed by atoms with van der Waals surface area (Å²) in [4.78, 5) is 0. The van der Waals surface area contributed by atoms with Crippen LogP contribution in [0.2, 0.25) is 0 Å². The molecule has 1 aromatic carbocycles. The van der Waals surface area contributed by atoms with E-state index in [0.29, 0.717) is 6.04 Å². The standard InChI is InChI=1S/C16H25NO/c1-4-15(17-11-12(2)13-9-10-13)14-7-5-6-8-16(14)18-3/h5-8,12-13,15,17H,4,9-11H2,1-3H3. The third-order valence-electron chi connectivity index (χ3n) is 4.04.